The highest BCUT2D eigenvalue weighted by atomic mass is 16.1. The van der Waals surface area contributed by atoms with Gasteiger partial charge in [0.25, 0.3) is 0 Å². The maximum Gasteiger partial charge on any atom is 0.224 e. The lowest BCUT2D eigenvalue weighted by molar-refractivity contribution is -0.124. The first kappa shape index (κ1) is 14.3. The fraction of sp³-hybridized carbons (Fsp3) is 0.235. The van der Waals surface area contributed by atoms with Crippen molar-refractivity contribution < 1.29 is 4.79 Å². The van der Waals surface area contributed by atoms with Gasteiger partial charge in [-0.2, -0.15) is 0 Å². The number of amides is 1. The van der Waals surface area contributed by atoms with E-state index in [-0.39, 0.29) is 11.8 Å². The van der Waals surface area contributed by atoms with Crippen LogP contribution in [0.3, 0.4) is 0 Å². The van der Waals surface area contributed by atoms with Gasteiger partial charge >= 0.3 is 0 Å². The summed E-state index contributed by atoms with van der Waals surface area (Å²) in [4.78, 5) is 11.6. The smallest absolute Gasteiger partial charge is 0.224 e. The Hall–Kier alpha value is -2.13. The topological polar surface area (TPSA) is 55.1 Å². The first-order chi connectivity index (χ1) is 9.74. The Kier molecular flexibility index (Phi) is 4.91. The van der Waals surface area contributed by atoms with E-state index in [1.807, 2.05) is 18.2 Å². The maximum absolute atomic E-state index is 11.6. The van der Waals surface area contributed by atoms with Gasteiger partial charge in [0.1, 0.15) is 0 Å². The third-order valence-corrected chi connectivity index (χ3v) is 3.44. The number of carbonyl (C=O) groups is 1. The first-order valence-corrected chi connectivity index (χ1v) is 6.80. The summed E-state index contributed by atoms with van der Waals surface area (Å²) < 4.78 is 0. The van der Waals surface area contributed by atoms with Gasteiger partial charge in [-0.3, -0.25) is 4.79 Å². The monoisotopic (exact) mass is 268 g/mol. The molecule has 0 saturated heterocycles. The molecule has 2 rings (SSSR count). The van der Waals surface area contributed by atoms with E-state index in [1.165, 1.54) is 11.1 Å². The summed E-state index contributed by atoms with van der Waals surface area (Å²) in [5.41, 5.74) is 9.16. The molecule has 0 fully saturated rings. The summed E-state index contributed by atoms with van der Waals surface area (Å²) in [7, 11) is 1.64. The molecule has 0 spiro atoms. The van der Waals surface area contributed by atoms with Gasteiger partial charge in [0.15, 0.2) is 0 Å². The minimum absolute atomic E-state index is 0.000337. The maximum atomic E-state index is 11.6. The van der Waals surface area contributed by atoms with E-state index in [9.17, 15) is 4.79 Å². The first-order valence-electron chi connectivity index (χ1n) is 6.80. The van der Waals surface area contributed by atoms with Crippen LogP contribution >= 0.6 is 0 Å². The van der Waals surface area contributed by atoms with Crippen LogP contribution in [0.1, 0.15) is 5.56 Å². The van der Waals surface area contributed by atoms with Crippen molar-refractivity contribution in [2.45, 2.75) is 6.42 Å². The van der Waals surface area contributed by atoms with Crippen molar-refractivity contribution in [3.63, 3.8) is 0 Å². The van der Waals surface area contributed by atoms with Crippen LogP contribution in [0, 0.1) is 5.92 Å². The van der Waals surface area contributed by atoms with Crippen LogP contribution in [0.5, 0.6) is 0 Å². The SMILES string of the molecule is CNC(=O)C(CN)Cc1ccc(-c2ccccc2)cc1. The van der Waals surface area contributed by atoms with Crippen LogP contribution in [0.4, 0.5) is 0 Å². The van der Waals surface area contributed by atoms with E-state index in [1.54, 1.807) is 7.05 Å². The average Bonchev–Trinajstić information content (AvgIpc) is 2.53. The van der Waals surface area contributed by atoms with Gasteiger partial charge in [-0.15, -0.1) is 0 Å². The molecule has 2 aromatic carbocycles. The Morgan fingerprint density at radius 3 is 2.20 bits per heavy atom. The van der Waals surface area contributed by atoms with Crippen molar-refractivity contribution in [1.82, 2.24) is 5.32 Å². The zero-order valence-electron chi connectivity index (χ0n) is 11.7. The summed E-state index contributed by atoms with van der Waals surface area (Å²) in [6, 6.07) is 18.5. The molecule has 104 valence electrons. The van der Waals surface area contributed by atoms with Crippen LogP contribution in [-0.2, 0) is 11.2 Å². The molecule has 0 aliphatic rings. The largest absolute Gasteiger partial charge is 0.359 e. The highest BCUT2D eigenvalue weighted by Crippen LogP contribution is 2.20. The quantitative estimate of drug-likeness (QED) is 0.873. The van der Waals surface area contributed by atoms with E-state index in [2.05, 4.69) is 41.7 Å². The van der Waals surface area contributed by atoms with Gasteiger partial charge in [-0.1, -0.05) is 54.6 Å². The van der Waals surface area contributed by atoms with Crippen LogP contribution in [0.25, 0.3) is 11.1 Å². The molecule has 0 saturated carbocycles. The molecular weight excluding hydrogens is 248 g/mol. The van der Waals surface area contributed by atoms with Crippen LogP contribution < -0.4 is 11.1 Å². The molecule has 0 bridgehead atoms. The third-order valence-electron chi connectivity index (χ3n) is 3.44. The van der Waals surface area contributed by atoms with Crippen molar-refractivity contribution in [2.75, 3.05) is 13.6 Å². The van der Waals surface area contributed by atoms with Gasteiger partial charge in [-0.25, -0.2) is 0 Å². The van der Waals surface area contributed by atoms with Crippen molar-refractivity contribution in [3.8, 4) is 11.1 Å². The van der Waals surface area contributed by atoms with Crippen molar-refractivity contribution >= 4 is 5.91 Å². The molecule has 0 aliphatic carbocycles. The second-order valence-corrected chi connectivity index (χ2v) is 4.81. The Labute approximate surface area is 119 Å². The van der Waals surface area contributed by atoms with Crippen LogP contribution in [0.15, 0.2) is 54.6 Å². The summed E-state index contributed by atoms with van der Waals surface area (Å²) in [6.45, 7) is 0.361. The zero-order chi connectivity index (χ0) is 14.4. The van der Waals surface area contributed by atoms with Crippen molar-refractivity contribution in [1.29, 1.82) is 0 Å². The fourth-order valence-corrected chi connectivity index (χ4v) is 2.24. The lowest BCUT2D eigenvalue weighted by Crippen LogP contribution is -2.34. The van der Waals surface area contributed by atoms with E-state index >= 15 is 0 Å². The number of rotatable bonds is 5. The number of hydrogen-bond donors (Lipinski definition) is 2. The molecule has 1 amide bonds. The molecule has 0 aromatic heterocycles. The van der Waals surface area contributed by atoms with Gasteiger partial charge in [0, 0.05) is 13.6 Å². The standard InChI is InChI=1S/C17H20N2O/c1-19-17(20)16(12-18)11-13-7-9-15(10-8-13)14-5-3-2-4-6-14/h2-10,16H,11-12,18H2,1H3,(H,19,20). The Morgan fingerprint density at radius 1 is 1.05 bits per heavy atom. The third kappa shape index (κ3) is 3.45. The summed E-state index contributed by atoms with van der Waals surface area (Å²) >= 11 is 0. The summed E-state index contributed by atoms with van der Waals surface area (Å²) in [5.74, 6) is -0.165. The molecule has 3 nitrogen and oxygen atoms in total. The summed E-state index contributed by atoms with van der Waals surface area (Å²) in [5, 5.41) is 2.65. The molecular formula is C17H20N2O. The molecule has 0 heterocycles. The van der Waals surface area contributed by atoms with E-state index < -0.39 is 0 Å². The normalized spacial score (nSPS) is 11.9. The highest BCUT2D eigenvalue weighted by molar-refractivity contribution is 5.78. The molecule has 0 radical (unpaired) electrons. The minimum atomic E-state index is -0.164. The van der Waals surface area contributed by atoms with E-state index in [0.717, 1.165) is 5.56 Å². The van der Waals surface area contributed by atoms with E-state index in [4.69, 9.17) is 5.73 Å². The predicted molar refractivity (Wildman–Crippen MR) is 82.2 cm³/mol. The predicted octanol–water partition coefficient (Wildman–Crippen LogP) is 2.22. The van der Waals surface area contributed by atoms with Crippen LogP contribution in [0.2, 0.25) is 0 Å². The van der Waals surface area contributed by atoms with Gasteiger partial charge in [0.05, 0.1) is 5.92 Å². The Balaban J connectivity index is 2.10. The van der Waals surface area contributed by atoms with Gasteiger partial charge in [-0.05, 0) is 23.1 Å². The molecule has 3 heteroatoms. The highest BCUT2D eigenvalue weighted by Gasteiger charge is 2.15. The van der Waals surface area contributed by atoms with E-state index in [0.29, 0.717) is 13.0 Å². The molecule has 1 unspecified atom stereocenters. The Morgan fingerprint density at radius 2 is 1.65 bits per heavy atom. The second-order valence-electron chi connectivity index (χ2n) is 4.81. The van der Waals surface area contributed by atoms with Crippen molar-refractivity contribution in [3.05, 3.63) is 60.2 Å². The molecule has 2 aromatic rings. The van der Waals surface area contributed by atoms with Gasteiger partial charge in [0.2, 0.25) is 5.91 Å². The minimum Gasteiger partial charge on any atom is -0.359 e. The second kappa shape index (κ2) is 6.87. The number of nitrogens with two attached hydrogens (primary N) is 1. The van der Waals surface area contributed by atoms with Crippen molar-refractivity contribution in [2.24, 2.45) is 11.7 Å². The molecule has 20 heavy (non-hydrogen) atoms. The lowest BCUT2D eigenvalue weighted by Gasteiger charge is -2.13. The molecule has 0 aliphatic heterocycles. The number of benzene rings is 2. The Bertz CT molecular complexity index is 549. The summed E-state index contributed by atoms with van der Waals surface area (Å²) in [6.07, 6.45) is 0.672. The number of carbonyl (C=O) groups excluding carboxylic acids is 1. The zero-order valence-corrected chi connectivity index (χ0v) is 11.7. The molecule has 1 atom stereocenters. The number of nitrogens with one attached hydrogen (secondary N) is 1. The lowest BCUT2D eigenvalue weighted by atomic mass is 9.96. The fourth-order valence-electron chi connectivity index (χ4n) is 2.24. The van der Waals surface area contributed by atoms with Crippen LogP contribution in [-0.4, -0.2) is 19.5 Å². The number of hydrogen-bond acceptors (Lipinski definition) is 2. The average molecular weight is 268 g/mol. The van der Waals surface area contributed by atoms with Gasteiger partial charge < -0.3 is 11.1 Å². The molecule has 3 N–H and O–H groups in total.